The van der Waals surface area contributed by atoms with Crippen molar-refractivity contribution in [2.45, 2.75) is 31.0 Å². The normalized spacial score (nSPS) is 11.9. The van der Waals surface area contributed by atoms with Crippen molar-refractivity contribution in [3.8, 4) is 0 Å². The van der Waals surface area contributed by atoms with Gasteiger partial charge in [-0.05, 0) is 13.3 Å². The van der Waals surface area contributed by atoms with E-state index in [0.29, 0.717) is 22.0 Å². The summed E-state index contributed by atoms with van der Waals surface area (Å²) in [5, 5.41) is 0.709. The highest BCUT2D eigenvalue weighted by Gasteiger charge is 2.20. The van der Waals surface area contributed by atoms with Crippen molar-refractivity contribution in [1.82, 2.24) is 14.7 Å². The molecule has 0 aliphatic heterocycles. The van der Waals surface area contributed by atoms with E-state index in [-0.39, 0.29) is 15.6 Å². The lowest BCUT2D eigenvalue weighted by molar-refractivity contribution is 0.582. The lowest BCUT2D eigenvalue weighted by Gasteiger charge is -2.02. The molecule has 0 atom stereocenters. The van der Waals surface area contributed by atoms with Crippen molar-refractivity contribution in [3.05, 3.63) is 31.4 Å². The first-order valence-electron chi connectivity index (χ1n) is 5.55. The maximum atomic E-state index is 12.0. The van der Waals surface area contributed by atoms with E-state index in [1.54, 1.807) is 13.1 Å². The highest BCUT2D eigenvalue weighted by Crippen LogP contribution is 2.17. The minimum absolute atomic E-state index is 0.0322. The summed E-state index contributed by atoms with van der Waals surface area (Å²) in [7, 11) is -3.66. The third-order valence-electron chi connectivity index (χ3n) is 2.39. The third kappa shape index (κ3) is 3.30. The van der Waals surface area contributed by atoms with Crippen LogP contribution in [0.3, 0.4) is 0 Å². The van der Waals surface area contributed by atoms with Crippen LogP contribution in [-0.2, 0) is 23.0 Å². The molecule has 0 aliphatic rings. The molecule has 0 aromatic carbocycles. The Balaban J connectivity index is 2.14. The van der Waals surface area contributed by atoms with Crippen molar-refractivity contribution in [2.24, 2.45) is 0 Å². The first kappa shape index (κ1) is 14.4. The van der Waals surface area contributed by atoms with Crippen LogP contribution >= 0.6 is 22.7 Å². The molecule has 0 amide bonds. The molecule has 0 fully saturated rings. The van der Waals surface area contributed by atoms with Crippen LogP contribution in [-0.4, -0.2) is 18.4 Å². The summed E-state index contributed by atoms with van der Waals surface area (Å²) in [6.45, 7) is 3.71. The van der Waals surface area contributed by atoms with Crippen LogP contribution < -0.4 is 9.60 Å². The molecule has 104 valence electrons. The summed E-state index contributed by atoms with van der Waals surface area (Å²) < 4.78 is 26.6. The smallest absolute Gasteiger partial charge is 0.305 e. The number of nitrogens with one attached hydrogen (secondary N) is 2. The Kier molecular flexibility index (Phi) is 4.19. The number of hydrogen-bond acceptors (Lipinski definition) is 6. The van der Waals surface area contributed by atoms with Gasteiger partial charge < -0.3 is 4.98 Å². The Labute approximate surface area is 118 Å². The Morgan fingerprint density at radius 2 is 2.16 bits per heavy atom. The predicted octanol–water partition coefficient (Wildman–Crippen LogP) is 1.24. The van der Waals surface area contributed by atoms with E-state index in [9.17, 15) is 13.2 Å². The van der Waals surface area contributed by atoms with E-state index in [4.69, 9.17) is 0 Å². The van der Waals surface area contributed by atoms with Gasteiger partial charge in [0.15, 0.2) is 4.21 Å². The molecule has 2 rings (SSSR count). The molecule has 0 radical (unpaired) electrons. The number of H-pyrrole nitrogens is 1. The van der Waals surface area contributed by atoms with Crippen LogP contribution in [0.2, 0.25) is 0 Å². The molecule has 6 nitrogen and oxygen atoms in total. The summed E-state index contributed by atoms with van der Waals surface area (Å²) in [5.41, 5.74) is 0.357. The molecule has 0 unspecified atom stereocenters. The number of aryl methyl sites for hydroxylation is 2. The predicted molar refractivity (Wildman–Crippen MR) is 75.2 cm³/mol. The van der Waals surface area contributed by atoms with Gasteiger partial charge in [0, 0.05) is 16.8 Å². The molecule has 2 heterocycles. The number of nitrogens with zero attached hydrogens (tertiary/aromatic N) is 1. The van der Waals surface area contributed by atoms with Gasteiger partial charge in [-0.2, -0.15) is 0 Å². The van der Waals surface area contributed by atoms with Crippen molar-refractivity contribution in [3.63, 3.8) is 0 Å². The van der Waals surface area contributed by atoms with Crippen molar-refractivity contribution in [2.75, 3.05) is 0 Å². The van der Waals surface area contributed by atoms with Crippen molar-refractivity contribution >= 4 is 32.7 Å². The lowest BCUT2D eigenvalue weighted by atomic mass is 10.4. The number of aromatic amines is 1. The number of sulfonamides is 1. The minimum Gasteiger partial charge on any atom is -0.315 e. The Morgan fingerprint density at radius 3 is 2.68 bits per heavy atom. The summed E-state index contributed by atoms with van der Waals surface area (Å²) >= 11 is 2.16. The molecule has 2 aromatic rings. The Bertz CT molecular complexity index is 727. The van der Waals surface area contributed by atoms with Gasteiger partial charge in [-0.25, -0.2) is 18.1 Å². The quantitative estimate of drug-likeness (QED) is 0.867. The fourth-order valence-electron chi connectivity index (χ4n) is 1.46. The monoisotopic (exact) mass is 319 g/mol. The largest absolute Gasteiger partial charge is 0.315 e. The van der Waals surface area contributed by atoms with Crippen molar-refractivity contribution in [1.29, 1.82) is 0 Å². The second-order valence-electron chi connectivity index (χ2n) is 3.83. The number of hydrogen-bond donors (Lipinski definition) is 2. The van der Waals surface area contributed by atoms with E-state index in [2.05, 4.69) is 14.7 Å². The van der Waals surface area contributed by atoms with E-state index < -0.39 is 10.0 Å². The van der Waals surface area contributed by atoms with Crippen LogP contribution in [0.25, 0.3) is 0 Å². The van der Waals surface area contributed by atoms with E-state index >= 15 is 0 Å². The lowest BCUT2D eigenvalue weighted by Crippen LogP contribution is -2.23. The van der Waals surface area contributed by atoms with E-state index in [0.717, 1.165) is 11.3 Å². The average molecular weight is 319 g/mol. The zero-order chi connectivity index (χ0) is 14.0. The van der Waals surface area contributed by atoms with Gasteiger partial charge in [0.1, 0.15) is 5.01 Å². The van der Waals surface area contributed by atoms with E-state index in [1.807, 2.05) is 6.92 Å². The second-order valence-corrected chi connectivity index (χ2v) is 7.97. The minimum atomic E-state index is -3.66. The SMILES string of the molecule is CCc1cnc(CNS(=O)(=O)c2sc(=O)[nH]c2C)s1. The maximum absolute atomic E-state index is 12.0. The summed E-state index contributed by atoms with van der Waals surface area (Å²) in [6.07, 6.45) is 2.62. The molecular weight excluding hydrogens is 306 g/mol. The zero-order valence-electron chi connectivity index (χ0n) is 10.4. The Morgan fingerprint density at radius 1 is 1.42 bits per heavy atom. The number of thiazole rings is 2. The highest BCUT2D eigenvalue weighted by molar-refractivity contribution is 7.91. The molecule has 9 heteroatoms. The topological polar surface area (TPSA) is 91.9 Å². The summed E-state index contributed by atoms with van der Waals surface area (Å²) in [4.78, 5) is 18.5. The summed E-state index contributed by atoms with van der Waals surface area (Å²) in [5.74, 6) is 0. The molecule has 2 aromatic heterocycles. The highest BCUT2D eigenvalue weighted by atomic mass is 32.2. The van der Waals surface area contributed by atoms with E-state index in [1.165, 1.54) is 11.3 Å². The van der Waals surface area contributed by atoms with Crippen LogP contribution in [0.15, 0.2) is 15.2 Å². The molecule has 0 saturated carbocycles. The summed E-state index contributed by atoms with van der Waals surface area (Å²) in [6, 6.07) is 0. The number of rotatable bonds is 5. The van der Waals surface area contributed by atoms with Crippen LogP contribution in [0.4, 0.5) is 0 Å². The fraction of sp³-hybridized carbons (Fsp3) is 0.400. The molecule has 19 heavy (non-hydrogen) atoms. The van der Waals surface area contributed by atoms with Crippen molar-refractivity contribution < 1.29 is 8.42 Å². The molecule has 0 saturated heterocycles. The van der Waals surface area contributed by atoms with Crippen LogP contribution in [0.5, 0.6) is 0 Å². The van der Waals surface area contributed by atoms with Gasteiger partial charge in [-0.15, -0.1) is 11.3 Å². The molecule has 0 aliphatic carbocycles. The Hall–Kier alpha value is -1.03. The van der Waals surface area contributed by atoms with Crippen LogP contribution in [0, 0.1) is 6.92 Å². The fourth-order valence-corrected chi connectivity index (χ4v) is 4.69. The van der Waals surface area contributed by atoms with Gasteiger partial charge in [0.2, 0.25) is 0 Å². The van der Waals surface area contributed by atoms with Gasteiger partial charge in [-0.3, -0.25) is 4.79 Å². The molecule has 2 N–H and O–H groups in total. The van der Waals surface area contributed by atoms with Gasteiger partial charge in [-0.1, -0.05) is 18.3 Å². The first-order valence-corrected chi connectivity index (χ1v) is 8.67. The number of aromatic nitrogens is 2. The molecule has 0 spiro atoms. The molecule has 0 bridgehead atoms. The van der Waals surface area contributed by atoms with Gasteiger partial charge in [0.05, 0.1) is 6.54 Å². The molecular formula is C10H13N3O3S3. The maximum Gasteiger partial charge on any atom is 0.305 e. The standard InChI is InChI=1S/C10H13N3O3S3/c1-3-7-4-11-8(17-7)5-12-19(15,16)9-6(2)13-10(14)18-9/h4,12H,3,5H2,1-2H3,(H,13,14). The average Bonchev–Trinajstić information content (AvgIpc) is 2.93. The third-order valence-corrected chi connectivity index (χ3v) is 6.54. The van der Waals surface area contributed by atoms with Crippen LogP contribution in [0.1, 0.15) is 22.5 Å². The first-order chi connectivity index (χ1) is 8.92. The second kappa shape index (κ2) is 5.53. The van der Waals surface area contributed by atoms with Gasteiger partial charge in [0.25, 0.3) is 10.0 Å². The van der Waals surface area contributed by atoms with Gasteiger partial charge >= 0.3 is 4.87 Å². The zero-order valence-corrected chi connectivity index (χ0v) is 12.8.